The van der Waals surface area contributed by atoms with Crippen molar-refractivity contribution in [3.63, 3.8) is 0 Å². The summed E-state index contributed by atoms with van der Waals surface area (Å²) in [6.07, 6.45) is 1.83. The quantitative estimate of drug-likeness (QED) is 0.499. The molecule has 0 spiro atoms. The average molecular weight is 147 g/mol. The minimum atomic E-state index is -0.567. The molecule has 0 aromatic rings. The molecule has 1 fully saturated rings. The number of nitrogens with two attached hydrogens (primary N) is 1. The Labute approximate surface area is 59.0 Å². The fourth-order valence-electron chi connectivity index (χ4n) is 0.921. The Balaban J connectivity index is 2.35. The van der Waals surface area contributed by atoms with Crippen LogP contribution in [0.4, 0.5) is 0 Å². The van der Waals surface area contributed by atoms with E-state index in [0.717, 1.165) is 24.3 Å². The van der Waals surface area contributed by atoms with Crippen molar-refractivity contribution in [1.29, 1.82) is 0 Å². The lowest BCUT2D eigenvalue weighted by molar-refractivity contribution is 0.418. The molecule has 1 heterocycles. The number of rotatable bonds is 0. The van der Waals surface area contributed by atoms with Crippen LogP contribution in [0.5, 0.6) is 0 Å². The monoisotopic (exact) mass is 147 g/mol. The van der Waals surface area contributed by atoms with Crippen LogP contribution in [0.1, 0.15) is 19.8 Å². The SMILES string of the molecule is CC1(N)CC[S+]([O-])CC1. The normalized spacial score (nSPS) is 45.0. The van der Waals surface area contributed by atoms with E-state index in [4.69, 9.17) is 5.73 Å². The molecule has 3 heteroatoms. The molecular weight excluding hydrogens is 134 g/mol. The van der Waals surface area contributed by atoms with Crippen LogP contribution in [0.2, 0.25) is 0 Å². The molecule has 0 saturated carbocycles. The lowest BCUT2D eigenvalue weighted by atomic mass is 9.97. The lowest BCUT2D eigenvalue weighted by Crippen LogP contribution is -2.44. The molecule has 0 aromatic heterocycles. The Kier molecular flexibility index (Phi) is 2.03. The Morgan fingerprint density at radius 3 is 2.22 bits per heavy atom. The first-order valence-electron chi connectivity index (χ1n) is 3.24. The molecule has 54 valence electrons. The van der Waals surface area contributed by atoms with Crippen LogP contribution in [0.25, 0.3) is 0 Å². The van der Waals surface area contributed by atoms with Gasteiger partial charge in [-0.05, 0) is 6.92 Å². The van der Waals surface area contributed by atoms with Crippen LogP contribution >= 0.6 is 0 Å². The van der Waals surface area contributed by atoms with Gasteiger partial charge < -0.3 is 10.3 Å². The van der Waals surface area contributed by atoms with E-state index in [1.54, 1.807) is 0 Å². The minimum absolute atomic E-state index is 0.0338. The van der Waals surface area contributed by atoms with E-state index in [1.165, 1.54) is 0 Å². The van der Waals surface area contributed by atoms with Gasteiger partial charge in [0.05, 0.1) is 0 Å². The van der Waals surface area contributed by atoms with Crippen LogP contribution in [0.3, 0.4) is 0 Å². The third kappa shape index (κ3) is 2.16. The van der Waals surface area contributed by atoms with Crippen molar-refractivity contribution in [3.8, 4) is 0 Å². The Hall–Kier alpha value is 0.270. The molecular formula is C6H13NOS. The largest absolute Gasteiger partial charge is 0.616 e. The third-order valence-electron chi connectivity index (χ3n) is 1.80. The molecule has 9 heavy (non-hydrogen) atoms. The highest BCUT2D eigenvalue weighted by Crippen LogP contribution is 2.19. The lowest BCUT2D eigenvalue weighted by Gasteiger charge is -2.29. The summed E-state index contributed by atoms with van der Waals surface area (Å²) in [5.74, 6) is 1.60. The van der Waals surface area contributed by atoms with Crippen molar-refractivity contribution in [2.24, 2.45) is 5.73 Å². The fraction of sp³-hybridized carbons (Fsp3) is 1.00. The summed E-state index contributed by atoms with van der Waals surface area (Å²) in [6, 6.07) is 0. The van der Waals surface area contributed by atoms with Gasteiger partial charge in [0.15, 0.2) is 0 Å². The van der Waals surface area contributed by atoms with Crippen molar-refractivity contribution < 1.29 is 4.55 Å². The molecule has 0 unspecified atom stereocenters. The summed E-state index contributed by atoms with van der Waals surface area (Å²) >= 11 is -0.567. The molecule has 2 nitrogen and oxygen atoms in total. The van der Waals surface area contributed by atoms with E-state index >= 15 is 0 Å². The summed E-state index contributed by atoms with van der Waals surface area (Å²) in [5.41, 5.74) is 5.77. The van der Waals surface area contributed by atoms with Crippen molar-refractivity contribution in [2.75, 3.05) is 11.5 Å². The second-order valence-corrected chi connectivity index (χ2v) is 4.70. The van der Waals surface area contributed by atoms with Gasteiger partial charge in [0.25, 0.3) is 0 Å². The van der Waals surface area contributed by atoms with Gasteiger partial charge in [-0.25, -0.2) is 0 Å². The standard InChI is InChI=1S/C6H13NOS/c1-6(7)2-4-9(8)5-3-6/h2-5,7H2,1H3. The van der Waals surface area contributed by atoms with E-state index in [0.29, 0.717) is 0 Å². The molecule has 1 saturated heterocycles. The van der Waals surface area contributed by atoms with Crippen LogP contribution < -0.4 is 5.73 Å². The maximum Gasteiger partial charge on any atom is 0.107 e. The second kappa shape index (κ2) is 2.48. The van der Waals surface area contributed by atoms with Gasteiger partial charge in [0, 0.05) is 18.4 Å². The van der Waals surface area contributed by atoms with Gasteiger partial charge in [0.2, 0.25) is 0 Å². The molecule has 0 aliphatic carbocycles. The van der Waals surface area contributed by atoms with Gasteiger partial charge in [-0.15, -0.1) is 0 Å². The number of hydrogen-bond donors (Lipinski definition) is 1. The minimum Gasteiger partial charge on any atom is -0.616 e. The first-order valence-corrected chi connectivity index (χ1v) is 4.73. The molecule has 0 atom stereocenters. The topological polar surface area (TPSA) is 49.1 Å². The van der Waals surface area contributed by atoms with Gasteiger partial charge in [-0.3, -0.25) is 0 Å². The van der Waals surface area contributed by atoms with Crippen molar-refractivity contribution in [2.45, 2.75) is 25.3 Å². The molecule has 2 N–H and O–H groups in total. The maximum absolute atomic E-state index is 10.8. The molecule has 0 amide bonds. The highest BCUT2D eigenvalue weighted by Gasteiger charge is 2.28. The summed E-state index contributed by atoms with van der Waals surface area (Å²) in [7, 11) is 0. The first kappa shape index (κ1) is 7.38. The van der Waals surface area contributed by atoms with Crippen LogP contribution in [0, 0.1) is 0 Å². The van der Waals surface area contributed by atoms with Gasteiger partial charge in [-0.2, -0.15) is 0 Å². The maximum atomic E-state index is 10.8. The first-order chi connectivity index (χ1) is 4.10. The smallest absolute Gasteiger partial charge is 0.107 e. The molecule has 1 rings (SSSR count). The Bertz CT molecular complexity index is 95.2. The molecule has 0 bridgehead atoms. The zero-order valence-electron chi connectivity index (χ0n) is 5.72. The van der Waals surface area contributed by atoms with Crippen LogP contribution in [-0.4, -0.2) is 21.6 Å². The van der Waals surface area contributed by atoms with E-state index in [9.17, 15) is 4.55 Å². The van der Waals surface area contributed by atoms with Crippen molar-refractivity contribution in [3.05, 3.63) is 0 Å². The van der Waals surface area contributed by atoms with Gasteiger partial charge in [-0.1, -0.05) is 11.2 Å². The zero-order chi connectivity index (χ0) is 6.91. The zero-order valence-corrected chi connectivity index (χ0v) is 6.54. The van der Waals surface area contributed by atoms with E-state index in [1.807, 2.05) is 6.92 Å². The Morgan fingerprint density at radius 2 is 1.89 bits per heavy atom. The van der Waals surface area contributed by atoms with E-state index in [-0.39, 0.29) is 5.54 Å². The van der Waals surface area contributed by atoms with Gasteiger partial charge in [0.1, 0.15) is 11.5 Å². The summed E-state index contributed by atoms with van der Waals surface area (Å²) < 4.78 is 10.8. The third-order valence-corrected chi connectivity index (χ3v) is 3.12. The van der Waals surface area contributed by atoms with Crippen LogP contribution in [-0.2, 0) is 11.2 Å². The number of hydrogen-bond acceptors (Lipinski definition) is 2. The van der Waals surface area contributed by atoms with Crippen molar-refractivity contribution >= 4 is 11.2 Å². The predicted octanol–water partition coefficient (Wildman–Crippen LogP) is 0.246. The molecule has 1 aliphatic heterocycles. The summed E-state index contributed by atoms with van der Waals surface area (Å²) in [6.45, 7) is 2.03. The van der Waals surface area contributed by atoms with Gasteiger partial charge >= 0.3 is 0 Å². The average Bonchev–Trinajstić information content (AvgIpc) is 1.78. The molecule has 0 radical (unpaired) electrons. The second-order valence-electron chi connectivity index (χ2n) is 3.00. The highest BCUT2D eigenvalue weighted by atomic mass is 32.2. The molecule has 0 aromatic carbocycles. The van der Waals surface area contributed by atoms with Crippen molar-refractivity contribution in [1.82, 2.24) is 0 Å². The van der Waals surface area contributed by atoms with E-state index < -0.39 is 11.2 Å². The Morgan fingerprint density at radius 1 is 1.44 bits per heavy atom. The predicted molar refractivity (Wildman–Crippen MR) is 39.7 cm³/mol. The fourth-order valence-corrected chi connectivity index (χ4v) is 2.51. The summed E-state index contributed by atoms with van der Waals surface area (Å²) in [4.78, 5) is 0. The summed E-state index contributed by atoms with van der Waals surface area (Å²) in [5, 5.41) is 0. The van der Waals surface area contributed by atoms with Crippen LogP contribution in [0.15, 0.2) is 0 Å². The molecule has 1 aliphatic rings. The van der Waals surface area contributed by atoms with E-state index in [2.05, 4.69) is 0 Å². The highest BCUT2D eigenvalue weighted by molar-refractivity contribution is 7.91.